The van der Waals surface area contributed by atoms with Gasteiger partial charge in [-0.3, -0.25) is 4.79 Å². The second-order valence-electron chi connectivity index (χ2n) is 6.07. The van der Waals surface area contributed by atoms with Crippen LogP contribution >= 0.6 is 0 Å². The van der Waals surface area contributed by atoms with Crippen LogP contribution in [0.15, 0.2) is 60.7 Å². The van der Waals surface area contributed by atoms with Gasteiger partial charge in [0.2, 0.25) is 0 Å². The zero-order valence-electron chi connectivity index (χ0n) is 15.5. The number of nitrogens with zero attached hydrogens (tertiary/aromatic N) is 2. The fraction of sp³-hybridized carbons (Fsp3) is 0.190. The lowest BCUT2D eigenvalue weighted by atomic mass is 10.2. The van der Waals surface area contributed by atoms with Crippen molar-refractivity contribution in [1.29, 1.82) is 0 Å². The second-order valence-corrected chi connectivity index (χ2v) is 6.07. The van der Waals surface area contributed by atoms with Crippen LogP contribution in [-0.2, 0) is 4.74 Å². The van der Waals surface area contributed by atoms with E-state index in [2.05, 4.69) is 20.6 Å². The highest BCUT2D eigenvalue weighted by Gasteiger charge is 2.13. The van der Waals surface area contributed by atoms with E-state index in [9.17, 15) is 9.18 Å². The molecule has 3 aromatic rings. The summed E-state index contributed by atoms with van der Waals surface area (Å²) in [6, 6.07) is 16.9. The summed E-state index contributed by atoms with van der Waals surface area (Å²) in [6.07, 6.45) is 0.702. The van der Waals surface area contributed by atoms with Gasteiger partial charge in [0, 0.05) is 37.6 Å². The highest BCUT2D eigenvalue weighted by molar-refractivity contribution is 5.93. The van der Waals surface area contributed by atoms with Gasteiger partial charge in [-0.1, -0.05) is 36.4 Å². The van der Waals surface area contributed by atoms with E-state index in [1.807, 2.05) is 30.3 Å². The van der Waals surface area contributed by atoms with Gasteiger partial charge in [-0.2, -0.15) is 0 Å². The van der Waals surface area contributed by atoms with Gasteiger partial charge in [0.1, 0.15) is 17.3 Å². The van der Waals surface area contributed by atoms with Crippen LogP contribution < -0.4 is 10.6 Å². The van der Waals surface area contributed by atoms with Gasteiger partial charge in [0.15, 0.2) is 5.82 Å². The van der Waals surface area contributed by atoms with E-state index >= 15 is 0 Å². The molecule has 0 unspecified atom stereocenters. The molecule has 0 fully saturated rings. The number of nitrogens with one attached hydrogen (secondary N) is 2. The van der Waals surface area contributed by atoms with Crippen LogP contribution in [0.1, 0.15) is 16.9 Å². The van der Waals surface area contributed by atoms with E-state index in [1.165, 1.54) is 12.1 Å². The van der Waals surface area contributed by atoms with Gasteiger partial charge in [-0.05, 0) is 24.6 Å². The van der Waals surface area contributed by atoms with Crippen molar-refractivity contribution < 1.29 is 13.9 Å². The molecule has 0 saturated heterocycles. The summed E-state index contributed by atoms with van der Waals surface area (Å²) in [7, 11) is 1.61. The minimum absolute atomic E-state index is 0.227. The molecule has 0 aliphatic heterocycles. The minimum atomic E-state index is -0.363. The molecule has 2 N–H and O–H groups in total. The number of amides is 1. The normalized spacial score (nSPS) is 10.5. The SMILES string of the molecule is COCCCNC(=O)c1cc(Nc2cccc(F)c2)nc(-c2ccccc2)n1. The van der Waals surface area contributed by atoms with Crippen molar-refractivity contribution in [3.8, 4) is 11.4 Å². The van der Waals surface area contributed by atoms with Crippen LogP contribution in [-0.4, -0.2) is 36.1 Å². The van der Waals surface area contributed by atoms with Crippen LogP contribution in [0, 0.1) is 5.82 Å². The Morgan fingerprint density at radius 3 is 2.64 bits per heavy atom. The smallest absolute Gasteiger partial charge is 0.270 e. The number of hydrogen-bond acceptors (Lipinski definition) is 5. The van der Waals surface area contributed by atoms with Crippen molar-refractivity contribution in [1.82, 2.24) is 15.3 Å². The zero-order chi connectivity index (χ0) is 19.8. The third-order valence-electron chi connectivity index (χ3n) is 3.90. The molecule has 0 atom stereocenters. The fourth-order valence-electron chi connectivity index (χ4n) is 2.57. The Morgan fingerprint density at radius 1 is 1.07 bits per heavy atom. The Balaban J connectivity index is 1.89. The maximum absolute atomic E-state index is 13.5. The number of carbonyl (C=O) groups is 1. The molecule has 0 saturated carbocycles. The van der Waals surface area contributed by atoms with Crippen LogP contribution in [0.5, 0.6) is 0 Å². The van der Waals surface area contributed by atoms with Crippen molar-refractivity contribution in [3.63, 3.8) is 0 Å². The van der Waals surface area contributed by atoms with Crippen LogP contribution in [0.3, 0.4) is 0 Å². The third kappa shape index (κ3) is 5.34. The molecule has 7 heteroatoms. The predicted molar refractivity (Wildman–Crippen MR) is 106 cm³/mol. The number of halogens is 1. The average Bonchev–Trinajstić information content (AvgIpc) is 2.71. The van der Waals surface area contributed by atoms with Crippen LogP contribution in [0.25, 0.3) is 11.4 Å². The number of rotatable bonds is 8. The topological polar surface area (TPSA) is 76.1 Å². The molecular formula is C21H21FN4O2. The molecule has 1 amide bonds. The van der Waals surface area contributed by atoms with Gasteiger partial charge in [-0.15, -0.1) is 0 Å². The standard InChI is InChI=1S/C21H21FN4O2/c1-28-12-6-11-23-21(27)18-14-19(24-17-10-5-9-16(22)13-17)26-20(25-18)15-7-3-2-4-8-15/h2-5,7-10,13-14H,6,11-12H2,1H3,(H,23,27)(H,24,25,26). The minimum Gasteiger partial charge on any atom is -0.385 e. The number of anilines is 2. The molecule has 0 aliphatic rings. The Kier molecular flexibility index (Phi) is 6.64. The third-order valence-corrected chi connectivity index (χ3v) is 3.90. The Hall–Kier alpha value is -3.32. The molecule has 3 rings (SSSR count). The van der Waals surface area contributed by atoms with Gasteiger partial charge in [0.05, 0.1) is 0 Å². The molecule has 6 nitrogen and oxygen atoms in total. The van der Waals surface area contributed by atoms with Gasteiger partial charge >= 0.3 is 0 Å². The van der Waals surface area contributed by atoms with E-state index in [0.717, 1.165) is 5.56 Å². The summed E-state index contributed by atoms with van der Waals surface area (Å²) < 4.78 is 18.5. The zero-order valence-corrected chi connectivity index (χ0v) is 15.5. The summed E-state index contributed by atoms with van der Waals surface area (Å²) in [4.78, 5) is 21.4. The first kappa shape index (κ1) is 19.4. The fourth-order valence-corrected chi connectivity index (χ4v) is 2.57. The molecule has 144 valence electrons. The van der Waals surface area contributed by atoms with Gasteiger partial charge in [0.25, 0.3) is 5.91 Å². The van der Waals surface area contributed by atoms with Gasteiger partial charge in [-0.25, -0.2) is 14.4 Å². The molecular weight excluding hydrogens is 359 g/mol. The van der Waals surface area contributed by atoms with E-state index < -0.39 is 0 Å². The number of hydrogen-bond donors (Lipinski definition) is 2. The van der Waals surface area contributed by atoms with Crippen molar-refractivity contribution in [3.05, 3.63) is 72.2 Å². The summed E-state index contributed by atoms with van der Waals surface area (Å²) >= 11 is 0. The van der Waals surface area contributed by atoms with Crippen LogP contribution in [0.4, 0.5) is 15.9 Å². The monoisotopic (exact) mass is 380 g/mol. The van der Waals surface area contributed by atoms with Crippen molar-refractivity contribution in [2.75, 3.05) is 25.6 Å². The Morgan fingerprint density at radius 2 is 1.89 bits per heavy atom. The maximum Gasteiger partial charge on any atom is 0.270 e. The predicted octanol–water partition coefficient (Wildman–Crippen LogP) is 3.79. The Labute approximate surface area is 162 Å². The highest BCUT2D eigenvalue weighted by Crippen LogP contribution is 2.21. The van der Waals surface area contributed by atoms with Crippen molar-refractivity contribution >= 4 is 17.4 Å². The van der Waals surface area contributed by atoms with Crippen molar-refractivity contribution in [2.24, 2.45) is 0 Å². The van der Waals surface area contributed by atoms with E-state index in [4.69, 9.17) is 4.74 Å². The average molecular weight is 380 g/mol. The number of methoxy groups -OCH3 is 1. The number of aromatic nitrogens is 2. The van der Waals surface area contributed by atoms with E-state index in [-0.39, 0.29) is 17.4 Å². The molecule has 1 aromatic heterocycles. The first-order chi connectivity index (χ1) is 13.7. The highest BCUT2D eigenvalue weighted by atomic mass is 19.1. The first-order valence-electron chi connectivity index (χ1n) is 8.90. The largest absolute Gasteiger partial charge is 0.385 e. The summed E-state index contributed by atoms with van der Waals surface area (Å²) in [5, 5.41) is 5.85. The maximum atomic E-state index is 13.5. The molecule has 0 spiro atoms. The Bertz CT molecular complexity index is 935. The molecule has 2 aromatic carbocycles. The number of benzene rings is 2. The lowest BCUT2D eigenvalue weighted by molar-refractivity contribution is 0.0943. The number of ether oxygens (including phenoxy) is 1. The van der Waals surface area contributed by atoms with Crippen molar-refractivity contribution in [2.45, 2.75) is 6.42 Å². The first-order valence-corrected chi connectivity index (χ1v) is 8.90. The molecule has 1 heterocycles. The quantitative estimate of drug-likeness (QED) is 0.582. The molecule has 0 radical (unpaired) electrons. The lowest BCUT2D eigenvalue weighted by Gasteiger charge is -2.11. The van der Waals surface area contributed by atoms with Crippen LogP contribution in [0.2, 0.25) is 0 Å². The number of carbonyl (C=O) groups excluding carboxylic acids is 1. The summed E-state index contributed by atoms with van der Waals surface area (Å²) in [6.45, 7) is 1.04. The summed E-state index contributed by atoms with van der Waals surface area (Å²) in [5.41, 5.74) is 1.54. The second kappa shape index (κ2) is 9.57. The molecule has 0 aliphatic carbocycles. The lowest BCUT2D eigenvalue weighted by Crippen LogP contribution is -2.26. The molecule has 0 bridgehead atoms. The van der Waals surface area contributed by atoms with E-state index in [1.54, 1.807) is 25.3 Å². The van der Waals surface area contributed by atoms with E-state index in [0.29, 0.717) is 36.9 Å². The summed E-state index contributed by atoms with van der Waals surface area (Å²) in [5.74, 6) is 0.141. The van der Waals surface area contributed by atoms with Gasteiger partial charge < -0.3 is 15.4 Å². The molecule has 28 heavy (non-hydrogen) atoms.